The normalized spacial score (nSPS) is 34.0. The summed E-state index contributed by atoms with van der Waals surface area (Å²) in [5.41, 5.74) is 0. The predicted octanol–water partition coefficient (Wildman–Crippen LogP) is 1.45. The quantitative estimate of drug-likeness (QED) is 0.723. The number of hydrogen-bond acceptors (Lipinski definition) is 2. The lowest BCUT2D eigenvalue weighted by atomic mass is 9.82. The van der Waals surface area contributed by atoms with Crippen LogP contribution in [0.2, 0.25) is 0 Å². The molecule has 4 heteroatoms. The molecule has 0 aromatic rings. The van der Waals surface area contributed by atoms with Crippen molar-refractivity contribution in [2.75, 3.05) is 0 Å². The Labute approximate surface area is 82.9 Å². The zero-order chi connectivity index (χ0) is 10.9. The highest BCUT2D eigenvalue weighted by atomic mass is 16.4. The van der Waals surface area contributed by atoms with Gasteiger partial charge in [0.15, 0.2) is 0 Å². The molecule has 0 aromatic carbocycles. The minimum Gasteiger partial charge on any atom is -0.481 e. The molecule has 0 heterocycles. The maximum absolute atomic E-state index is 11.0. The minimum absolute atomic E-state index is 0.0966. The molecule has 4 unspecified atom stereocenters. The summed E-state index contributed by atoms with van der Waals surface area (Å²) >= 11 is 0. The van der Waals surface area contributed by atoms with Gasteiger partial charge in [-0.1, -0.05) is 13.8 Å². The van der Waals surface area contributed by atoms with Gasteiger partial charge in [0.1, 0.15) is 0 Å². The van der Waals surface area contributed by atoms with Gasteiger partial charge in [0.05, 0.1) is 11.8 Å². The van der Waals surface area contributed by atoms with Crippen LogP contribution >= 0.6 is 0 Å². The molecule has 0 radical (unpaired) electrons. The van der Waals surface area contributed by atoms with E-state index in [1.165, 1.54) is 0 Å². The van der Waals surface area contributed by atoms with Gasteiger partial charge >= 0.3 is 11.9 Å². The van der Waals surface area contributed by atoms with E-state index in [4.69, 9.17) is 10.2 Å². The zero-order valence-electron chi connectivity index (χ0n) is 8.43. The molecular weight excluding hydrogens is 184 g/mol. The third-order valence-corrected chi connectivity index (χ3v) is 3.35. The molecule has 14 heavy (non-hydrogen) atoms. The van der Waals surface area contributed by atoms with Crippen molar-refractivity contribution >= 4 is 11.9 Å². The third-order valence-electron chi connectivity index (χ3n) is 3.35. The Morgan fingerprint density at radius 2 is 1.86 bits per heavy atom. The molecule has 4 atom stereocenters. The molecule has 1 aliphatic carbocycles. The Morgan fingerprint density at radius 3 is 2.29 bits per heavy atom. The molecule has 0 aliphatic heterocycles. The summed E-state index contributed by atoms with van der Waals surface area (Å²) in [4.78, 5) is 21.7. The van der Waals surface area contributed by atoms with Crippen molar-refractivity contribution in [1.82, 2.24) is 0 Å². The summed E-state index contributed by atoms with van der Waals surface area (Å²) in [7, 11) is 0. The lowest BCUT2D eigenvalue weighted by Gasteiger charge is -2.21. The van der Waals surface area contributed by atoms with Crippen LogP contribution in [0.5, 0.6) is 0 Å². The number of aliphatic carboxylic acids is 2. The van der Waals surface area contributed by atoms with Crippen LogP contribution in [-0.4, -0.2) is 22.2 Å². The summed E-state index contributed by atoms with van der Waals surface area (Å²) in [5, 5.41) is 17.8. The van der Waals surface area contributed by atoms with Crippen LogP contribution < -0.4 is 0 Å². The topological polar surface area (TPSA) is 74.6 Å². The Balaban J connectivity index is 2.79. The van der Waals surface area contributed by atoms with E-state index in [2.05, 4.69) is 0 Å². The molecule has 80 valence electrons. The molecule has 0 amide bonds. The van der Waals surface area contributed by atoms with Crippen LogP contribution in [0.15, 0.2) is 0 Å². The lowest BCUT2D eigenvalue weighted by Crippen LogP contribution is -2.30. The number of rotatable bonds is 3. The Hall–Kier alpha value is -1.06. The van der Waals surface area contributed by atoms with Crippen molar-refractivity contribution in [2.24, 2.45) is 23.7 Å². The zero-order valence-corrected chi connectivity index (χ0v) is 8.43. The minimum atomic E-state index is -0.893. The lowest BCUT2D eigenvalue weighted by molar-refractivity contribution is -0.148. The second-order valence-corrected chi connectivity index (χ2v) is 4.21. The number of carboxylic acids is 2. The Morgan fingerprint density at radius 1 is 1.29 bits per heavy atom. The number of hydrogen-bond donors (Lipinski definition) is 2. The van der Waals surface area contributed by atoms with Crippen LogP contribution in [-0.2, 0) is 9.59 Å². The van der Waals surface area contributed by atoms with Gasteiger partial charge in [0.2, 0.25) is 0 Å². The van der Waals surface area contributed by atoms with Gasteiger partial charge in [0, 0.05) is 0 Å². The van der Waals surface area contributed by atoms with Gasteiger partial charge < -0.3 is 10.2 Å². The van der Waals surface area contributed by atoms with Crippen LogP contribution in [0.4, 0.5) is 0 Å². The van der Waals surface area contributed by atoms with Crippen molar-refractivity contribution in [2.45, 2.75) is 26.7 Å². The smallest absolute Gasteiger partial charge is 0.307 e. The monoisotopic (exact) mass is 200 g/mol. The highest BCUT2D eigenvalue weighted by molar-refractivity contribution is 5.75. The maximum atomic E-state index is 11.0. The first-order valence-electron chi connectivity index (χ1n) is 4.90. The molecule has 4 nitrogen and oxygen atoms in total. The van der Waals surface area contributed by atoms with Crippen molar-refractivity contribution in [3.8, 4) is 0 Å². The van der Waals surface area contributed by atoms with E-state index in [1.807, 2.05) is 6.92 Å². The van der Waals surface area contributed by atoms with Crippen LogP contribution in [0.25, 0.3) is 0 Å². The molecule has 0 spiro atoms. The second kappa shape index (κ2) is 3.98. The average molecular weight is 200 g/mol. The van der Waals surface area contributed by atoms with E-state index < -0.39 is 23.8 Å². The fourth-order valence-electron chi connectivity index (χ4n) is 2.41. The maximum Gasteiger partial charge on any atom is 0.307 e. The number of carboxylic acid groups (broad SMARTS) is 2. The highest BCUT2D eigenvalue weighted by Crippen LogP contribution is 2.41. The second-order valence-electron chi connectivity index (χ2n) is 4.21. The standard InChI is InChI=1S/C10H16O4/c1-5-3-4-7(6(2)9(11)12)8(5)10(13)14/h5-8H,3-4H2,1-2H3,(H,11,12)(H,13,14). The first-order valence-corrected chi connectivity index (χ1v) is 4.90. The molecular formula is C10H16O4. The van der Waals surface area contributed by atoms with Gasteiger partial charge in [-0.05, 0) is 24.7 Å². The van der Waals surface area contributed by atoms with Crippen molar-refractivity contribution in [1.29, 1.82) is 0 Å². The Kier molecular flexibility index (Phi) is 3.13. The van der Waals surface area contributed by atoms with E-state index in [1.54, 1.807) is 6.92 Å². The molecule has 0 bridgehead atoms. The molecule has 2 N–H and O–H groups in total. The molecule has 0 saturated heterocycles. The summed E-state index contributed by atoms with van der Waals surface area (Å²) in [6, 6.07) is 0. The van der Waals surface area contributed by atoms with Crippen LogP contribution in [0, 0.1) is 23.7 Å². The largest absolute Gasteiger partial charge is 0.481 e. The highest BCUT2D eigenvalue weighted by Gasteiger charge is 2.43. The van der Waals surface area contributed by atoms with Crippen molar-refractivity contribution in [3.63, 3.8) is 0 Å². The Bertz CT molecular complexity index is 249. The summed E-state index contributed by atoms with van der Waals surface area (Å²) < 4.78 is 0. The molecule has 1 fully saturated rings. The van der Waals surface area contributed by atoms with E-state index in [0.717, 1.165) is 6.42 Å². The first kappa shape index (κ1) is 11.0. The van der Waals surface area contributed by atoms with Crippen molar-refractivity contribution in [3.05, 3.63) is 0 Å². The van der Waals surface area contributed by atoms with E-state index in [0.29, 0.717) is 6.42 Å². The van der Waals surface area contributed by atoms with Gasteiger partial charge in [-0.3, -0.25) is 9.59 Å². The molecule has 1 rings (SSSR count). The fraction of sp³-hybridized carbons (Fsp3) is 0.800. The SMILES string of the molecule is CC1CCC(C(C)C(=O)O)C1C(=O)O. The fourth-order valence-corrected chi connectivity index (χ4v) is 2.41. The van der Waals surface area contributed by atoms with Gasteiger partial charge in [-0.15, -0.1) is 0 Å². The summed E-state index contributed by atoms with van der Waals surface area (Å²) in [5.74, 6) is -2.90. The molecule has 1 saturated carbocycles. The third kappa shape index (κ3) is 1.89. The first-order chi connectivity index (χ1) is 6.45. The van der Waals surface area contributed by atoms with Crippen LogP contribution in [0.1, 0.15) is 26.7 Å². The average Bonchev–Trinajstić information content (AvgIpc) is 2.45. The van der Waals surface area contributed by atoms with Crippen LogP contribution in [0.3, 0.4) is 0 Å². The van der Waals surface area contributed by atoms with Gasteiger partial charge in [-0.25, -0.2) is 0 Å². The molecule has 0 aromatic heterocycles. The van der Waals surface area contributed by atoms with E-state index in [9.17, 15) is 9.59 Å². The van der Waals surface area contributed by atoms with E-state index in [-0.39, 0.29) is 11.8 Å². The van der Waals surface area contributed by atoms with Gasteiger partial charge in [-0.2, -0.15) is 0 Å². The summed E-state index contributed by atoms with van der Waals surface area (Å²) in [6.07, 6.45) is 1.53. The van der Waals surface area contributed by atoms with Gasteiger partial charge in [0.25, 0.3) is 0 Å². The van der Waals surface area contributed by atoms with Crippen molar-refractivity contribution < 1.29 is 19.8 Å². The predicted molar refractivity (Wildman–Crippen MR) is 49.8 cm³/mol. The van der Waals surface area contributed by atoms with E-state index >= 15 is 0 Å². The molecule has 1 aliphatic rings. The number of carbonyl (C=O) groups is 2. The summed E-state index contributed by atoms with van der Waals surface area (Å²) in [6.45, 7) is 3.48.